The van der Waals surface area contributed by atoms with Crippen LogP contribution in [0.25, 0.3) is 11.5 Å². The van der Waals surface area contributed by atoms with Gasteiger partial charge in [-0.3, -0.25) is 4.98 Å². The zero-order valence-electron chi connectivity index (χ0n) is 10.6. The van der Waals surface area contributed by atoms with Gasteiger partial charge in [0.15, 0.2) is 0 Å². The Labute approximate surface area is 124 Å². The van der Waals surface area contributed by atoms with Crippen molar-refractivity contribution in [3.05, 3.63) is 47.9 Å². The van der Waals surface area contributed by atoms with Gasteiger partial charge in [0.25, 0.3) is 10.0 Å². The molecule has 0 bridgehead atoms. The van der Waals surface area contributed by atoms with Crippen LogP contribution in [0, 0.1) is 0 Å². The Morgan fingerprint density at radius 1 is 1.24 bits per heavy atom. The average molecular weight is 322 g/mol. The van der Waals surface area contributed by atoms with Gasteiger partial charge in [-0.25, -0.2) is 13.1 Å². The van der Waals surface area contributed by atoms with Crippen LogP contribution in [0.3, 0.4) is 0 Å². The first-order valence-electron chi connectivity index (χ1n) is 5.91. The molecule has 1 N–H and O–H groups in total. The van der Waals surface area contributed by atoms with Gasteiger partial charge in [0.1, 0.15) is 4.21 Å². The Bertz CT molecular complexity index is 813. The van der Waals surface area contributed by atoms with E-state index in [0.717, 1.165) is 11.3 Å². The van der Waals surface area contributed by atoms with Crippen molar-refractivity contribution >= 4 is 21.4 Å². The summed E-state index contributed by atoms with van der Waals surface area (Å²) in [5.41, 5.74) is 0.678. The summed E-state index contributed by atoms with van der Waals surface area (Å²) >= 11 is 1.14. The van der Waals surface area contributed by atoms with Crippen LogP contribution in [-0.2, 0) is 16.6 Å². The van der Waals surface area contributed by atoms with Crippen LogP contribution in [0.15, 0.2) is 50.7 Å². The van der Waals surface area contributed by atoms with Crippen LogP contribution in [0.5, 0.6) is 0 Å². The minimum Gasteiger partial charge on any atom is -0.419 e. The first-order valence-corrected chi connectivity index (χ1v) is 8.27. The molecule has 3 aromatic rings. The molecule has 3 heterocycles. The summed E-state index contributed by atoms with van der Waals surface area (Å²) < 4.78 is 31.9. The van der Waals surface area contributed by atoms with Gasteiger partial charge in [-0.05, 0) is 23.6 Å². The predicted molar refractivity (Wildman–Crippen MR) is 75.9 cm³/mol. The number of hydrogen-bond donors (Lipinski definition) is 1. The highest BCUT2D eigenvalue weighted by molar-refractivity contribution is 7.91. The Hall–Kier alpha value is -2.10. The molecule has 0 unspecified atom stereocenters. The molecule has 0 aliphatic heterocycles. The summed E-state index contributed by atoms with van der Waals surface area (Å²) in [7, 11) is -3.54. The lowest BCUT2D eigenvalue weighted by Crippen LogP contribution is -2.22. The van der Waals surface area contributed by atoms with Gasteiger partial charge in [0.05, 0.1) is 12.1 Å². The van der Waals surface area contributed by atoms with Crippen molar-refractivity contribution in [2.45, 2.75) is 10.8 Å². The lowest BCUT2D eigenvalue weighted by atomic mass is 10.3. The fourth-order valence-electron chi connectivity index (χ4n) is 1.58. The SMILES string of the molecule is O=S(=O)(NCc1nnc(-c2cccnc2)o1)c1cccs1. The Morgan fingerprint density at radius 3 is 2.86 bits per heavy atom. The summed E-state index contributed by atoms with van der Waals surface area (Å²) in [6.07, 6.45) is 3.23. The number of rotatable bonds is 5. The molecule has 3 rings (SSSR count). The Balaban J connectivity index is 1.71. The predicted octanol–water partition coefficient (Wildman–Crippen LogP) is 1.67. The van der Waals surface area contributed by atoms with Crippen molar-refractivity contribution in [2.24, 2.45) is 0 Å². The third-order valence-electron chi connectivity index (χ3n) is 2.55. The standard InChI is InChI=1S/C12H10N4O3S2/c17-21(18,11-4-2-6-20-11)14-8-10-15-16-12(19-10)9-3-1-5-13-7-9/h1-7,14H,8H2. The maximum atomic E-state index is 11.9. The van der Waals surface area contributed by atoms with E-state index in [1.165, 1.54) is 6.07 Å². The largest absolute Gasteiger partial charge is 0.419 e. The van der Waals surface area contributed by atoms with Crippen molar-refractivity contribution in [1.29, 1.82) is 0 Å². The van der Waals surface area contributed by atoms with E-state index in [1.807, 2.05) is 0 Å². The highest BCUT2D eigenvalue weighted by Gasteiger charge is 2.16. The normalized spacial score (nSPS) is 11.6. The lowest BCUT2D eigenvalue weighted by Gasteiger charge is -2.00. The molecule has 0 aliphatic rings. The molecule has 0 saturated heterocycles. The van der Waals surface area contributed by atoms with Gasteiger partial charge < -0.3 is 4.42 Å². The monoisotopic (exact) mass is 322 g/mol. The molecule has 108 valence electrons. The van der Waals surface area contributed by atoms with Crippen molar-refractivity contribution in [3.8, 4) is 11.5 Å². The van der Waals surface area contributed by atoms with Crippen molar-refractivity contribution in [3.63, 3.8) is 0 Å². The lowest BCUT2D eigenvalue weighted by molar-refractivity contribution is 0.494. The average Bonchev–Trinajstić information content (AvgIpc) is 3.18. The van der Waals surface area contributed by atoms with Crippen LogP contribution in [0.4, 0.5) is 0 Å². The second-order valence-corrected chi connectivity index (χ2v) is 6.94. The first kappa shape index (κ1) is 13.9. The maximum Gasteiger partial charge on any atom is 0.250 e. The summed E-state index contributed by atoms with van der Waals surface area (Å²) in [6, 6.07) is 6.73. The number of sulfonamides is 1. The van der Waals surface area contributed by atoms with E-state index in [9.17, 15) is 8.42 Å². The van der Waals surface area contributed by atoms with Crippen LogP contribution in [0.2, 0.25) is 0 Å². The number of hydrogen-bond acceptors (Lipinski definition) is 7. The molecule has 0 fully saturated rings. The van der Waals surface area contributed by atoms with Crippen LogP contribution in [0.1, 0.15) is 5.89 Å². The van der Waals surface area contributed by atoms with E-state index in [-0.39, 0.29) is 16.6 Å². The molecule has 0 aliphatic carbocycles. The van der Waals surface area contributed by atoms with Gasteiger partial charge in [0.2, 0.25) is 11.8 Å². The smallest absolute Gasteiger partial charge is 0.250 e. The van der Waals surface area contributed by atoms with Crippen molar-refractivity contribution < 1.29 is 12.8 Å². The summed E-state index contributed by atoms with van der Waals surface area (Å²) in [5, 5.41) is 9.37. The topological polar surface area (TPSA) is 98.0 Å². The van der Waals surface area contributed by atoms with Crippen molar-refractivity contribution in [1.82, 2.24) is 19.9 Å². The fourth-order valence-corrected chi connectivity index (χ4v) is 3.59. The molecule has 7 nitrogen and oxygen atoms in total. The molecule has 9 heteroatoms. The minimum absolute atomic E-state index is 0.0620. The number of aromatic nitrogens is 3. The third kappa shape index (κ3) is 3.15. The van der Waals surface area contributed by atoms with E-state index in [0.29, 0.717) is 11.5 Å². The Morgan fingerprint density at radius 2 is 2.14 bits per heavy atom. The molecular weight excluding hydrogens is 312 g/mol. The number of pyridine rings is 1. The third-order valence-corrected chi connectivity index (χ3v) is 5.35. The zero-order valence-corrected chi connectivity index (χ0v) is 12.3. The summed E-state index contributed by atoms with van der Waals surface area (Å²) in [4.78, 5) is 3.95. The van der Waals surface area contributed by atoms with Gasteiger partial charge >= 0.3 is 0 Å². The second-order valence-electron chi connectivity index (χ2n) is 4.00. The molecule has 0 atom stereocenters. The number of nitrogens with one attached hydrogen (secondary N) is 1. The second kappa shape index (κ2) is 5.72. The molecule has 0 saturated carbocycles. The summed E-state index contributed by atoms with van der Waals surface area (Å²) in [5.74, 6) is 0.488. The van der Waals surface area contributed by atoms with E-state index in [1.54, 1.807) is 36.0 Å². The quantitative estimate of drug-likeness (QED) is 0.767. The van der Waals surface area contributed by atoms with Crippen molar-refractivity contribution in [2.75, 3.05) is 0 Å². The van der Waals surface area contributed by atoms with Crippen LogP contribution < -0.4 is 4.72 Å². The van der Waals surface area contributed by atoms with E-state index in [2.05, 4.69) is 19.9 Å². The molecule has 3 aromatic heterocycles. The number of nitrogens with zero attached hydrogens (tertiary/aromatic N) is 3. The molecule has 0 amide bonds. The molecule has 0 aromatic carbocycles. The number of thiophene rings is 1. The minimum atomic E-state index is -3.54. The summed E-state index contributed by atoms with van der Waals surface area (Å²) in [6.45, 7) is -0.0620. The Kier molecular flexibility index (Phi) is 3.78. The van der Waals surface area contributed by atoms with Gasteiger partial charge in [-0.15, -0.1) is 21.5 Å². The van der Waals surface area contributed by atoms with E-state index >= 15 is 0 Å². The highest BCUT2D eigenvalue weighted by atomic mass is 32.2. The van der Waals surface area contributed by atoms with E-state index in [4.69, 9.17) is 4.42 Å². The van der Waals surface area contributed by atoms with E-state index < -0.39 is 10.0 Å². The van der Waals surface area contributed by atoms with Gasteiger partial charge in [-0.2, -0.15) is 0 Å². The fraction of sp³-hybridized carbons (Fsp3) is 0.0833. The molecule has 0 radical (unpaired) electrons. The van der Waals surface area contributed by atoms with Crippen LogP contribution in [-0.4, -0.2) is 23.6 Å². The highest BCUT2D eigenvalue weighted by Crippen LogP contribution is 2.18. The molecule has 0 spiro atoms. The zero-order chi connectivity index (χ0) is 14.7. The van der Waals surface area contributed by atoms with Gasteiger partial charge in [-0.1, -0.05) is 6.07 Å². The van der Waals surface area contributed by atoms with Gasteiger partial charge in [0, 0.05) is 12.4 Å². The molecular formula is C12H10N4O3S2. The maximum absolute atomic E-state index is 11.9. The first-order chi connectivity index (χ1) is 10.1. The molecule has 21 heavy (non-hydrogen) atoms. The van der Waals surface area contributed by atoms with Crippen LogP contribution >= 0.6 is 11.3 Å².